The maximum Gasteiger partial charge on any atom is 0.255 e. The monoisotopic (exact) mass is 467 g/mol. The van der Waals surface area contributed by atoms with Crippen LogP contribution in [0.1, 0.15) is 48.9 Å². The number of rotatable bonds is 6. The molecule has 8 heteroatoms. The number of hydrogen-bond donors (Lipinski definition) is 1. The molecule has 1 aromatic carbocycles. The third-order valence-corrected chi connectivity index (χ3v) is 7.35. The molecule has 3 aliphatic rings. The van der Waals surface area contributed by atoms with Gasteiger partial charge in [-0.1, -0.05) is 36.0 Å². The Bertz CT molecular complexity index is 786. The molecule has 1 aromatic rings. The number of nitrogens with zero attached hydrogens (tertiary/aromatic N) is 2. The molecule has 0 bridgehead atoms. The van der Waals surface area contributed by atoms with Crippen LogP contribution in [0.25, 0.3) is 0 Å². The van der Waals surface area contributed by atoms with Crippen molar-refractivity contribution < 1.29 is 14.3 Å². The third-order valence-electron chi connectivity index (χ3n) is 6.80. The number of nitrogens with one attached hydrogen (secondary N) is 1. The lowest BCUT2D eigenvalue weighted by Gasteiger charge is -2.41. The first kappa shape index (κ1) is 22.8. The second-order valence-electron chi connectivity index (χ2n) is 8.82. The van der Waals surface area contributed by atoms with Crippen molar-refractivity contribution in [1.82, 2.24) is 15.1 Å². The van der Waals surface area contributed by atoms with Crippen molar-refractivity contribution in [3.05, 3.63) is 33.8 Å². The lowest BCUT2D eigenvalue weighted by Crippen LogP contribution is -2.58. The summed E-state index contributed by atoms with van der Waals surface area (Å²) in [7, 11) is 0. The second kappa shape index (κ2) is 10.5. The van der Waals surface area contributed by atoms with E-state index in [-0.39, 0.29) is 24.0 Å². The molecule has 6 nitrogen and oxygen atoms in total. The first-order chi connectivity index (χ1) is 15.0. The molecule has 1 aliphatic carbocycles. The standard InChI is InChI=1S/C23H31Cl2N3O3/c24-17-7-8-19(20(25)14-17)23(30)28-11-9-27(10-12-28)21(16-4-1-2-5-16)22(29)26-15-18-6-3-13-31-18/h7-8,14,16,18,21H,1-6,9-13,15H2,(H,26,29)/t18-,21-/m0/s1. The van der Waals surface area contributed by atoms with Crippen LogP contribution < -0.4 is 5.32 Å². The number of ether oxygens (including phenoxy) is 1. The smallest absolute Gasteiger partial charge is 0.255 e. The summed E-state index contributed by atoms with van der Waals surface area (Å²) in [6, 6.07) is 4.84. The van der Waals surface area contributed by atoms with Crippen LogP contribution >= 0.6 is 23.2 Å². The SMILES string of the molecule is O=C(NC[C@@H]1CCCO1)[C@H](C1CCCC1)N1CCN(C(=O)c2ccc(Cl)cc2Cl)CC1. The molecule has 3 fully saturated rings. The summed E-state index contributed by atoms with van der Waals surface area (Å²) in [6.07, 6.45) is 6.80. The Morgan fingerprint density at radius 3 is 2.45 bits per heavy atom. The predicted molar refractivity (Wildman–Crippen MR) is 122 cm³/mol. The van der Waals surface area contributed by atoms with Gasteiger partial charge in [-0.25, -0.2) is 0 Å². The zero-order valence-corrected chi connectivity index (χ0v) is 19.3. The van der Waals surface area contributed by atoms with E-state index in [1.54, 1.807) is 18.2 Å². The van der Waals surface area contributed by atoms with Crippen molar-refractivity contribution in [1.29, 1.82) is 0 Å². The number of hydrogen-bond acceptors (Lipinski definition) is 4. The minimum atomic E-state index is -0.125. The normalized spacial score (nSPS) is 23.8. The van der Waals surface area contributed by atoms with Gasteiger partial charge < -0.3 is 15.0 Å². The average Bonchev–Trinajstić information content (AvgIpc) is 3.47. The molecule has 170 valence electrons. The Morgan fingerprint density at radius 2 is 1.81 bits per heavy atom. The van der Waals surface area contributed by atoms with E-state index in [1.807, 2.05) is 4.90 Å². The van der Waals surface area contributed by atoms with Gasteiger partial charge in [0.15, 0.2) is 0 Å². The van der Waals surface area contributed by atoms with Gasteiger partial charge in [0.25, 0.3) is 5.91 Å². The van der Waals surface area contributed by atoms with E-state index >= 15 is 0 Å². The Balaban J connectivity index is 1.37. The van der Waals surface area contributed by atoms with Gasteiger partial charge in [-0.05, 0) is 49.8 Å². The van der Waals surface area contributed by atoms with Crippen LogP contribution in [0, 0.1) is 5.92 Å². The first-order valence-corrected chi connectivity index (χ1v) is 12.2. The molecule has 1 saturated carbocycles. The van der Waals surface area contributed by atoms with Crippen LogP contribution in [0.15, 0.2) is 18.2 Å². The minimum absolute atomic E-state index is 0.0819. The van der Waals surface area contributed by atoms with Crippen molar-refractivity contribution in [2.45, 2.75) is 50.7 Å². The lowest BCUT2D eigenvalue weighted by molar-refractivity contribution is -0.129. The molecule has 0 aromatic heterocycles. The van der Waals surface area contributed by atoms with E-state index in [2.05, 4.69) is 10.2 Å². The quantitative estimate of drug-likeness (QED) is 0.693. The Hall–Kier alpha value is -1.34. The highest BCUT2D eigenvalue weighted by atomic mass is 35.5. The highest BCUT2D eigenvalue weighted by molar-refractivity contribution is 6.36. The molecule has 4 rings (SSSR count). The number of halogens is 2. The van der Waals surface area contributed by atoms with Crippen LogP contribution in [0.5, 0.6) is 0 Å². The molecule has 31 heavy (non-hydrogen) atoms. The van der Waals surface area contributed by atoms with Gasteiger partial charge in [-0.3, -0.25) is 14.5 Å². The number of amides is 2. The maximum atomic E-state index is 13.2. The molecule has 0 spiro atoms. The predicted octanol–water partition coefficient (Wildman–Crippen LogP) is 3.61. The number of piperazine rings is 1. The molecule has 2 amide bonds. The van der Waals surface area contributed by atoms with E-state index in [9.17, 15) is 9.59 Å². The summed E-state index contributed by atoms with van der Waals surface area (Å²) >= 11 is 12.2. The summed E-state index contributed by atoms with van der Waals surface area (Å²) < 4.78 is 5.66. The van der Waals surface area contributed by atoms with Crippen LogP contribution in [-0.4, -0.2) is 73.1 Å². The van der Waals surface area contributed by atoms with Gasteiger partial charge in [-0.15, -0.1) is 0 Å². The first-order valence-electron chi connectivity index (χ1n) is 11.4. The van der Waals surface area contributed by atoms with Gasteiger partial charge in [0.05, 0.1) is 22.7 Å². The highest BCUT2D eigenvalue weighted by Gasteiger charge is 2.37. The molecule has 0 unspecified atom stereocenters. The van der Waals surface area contributed by atoms with Crippen LogP contribution in [-0.2, 0) is 9.53 Å². The van der Waals surface area contributed by atoms with Gasteiger partial charge in [0, 0.05) is 44.4 Å². The molecule has 2 saturated heterocycles. The van der Waals surface area contributed by atoms with Gasteiger partial charge in [-0.2, -0.15) is 0 Å². The van der Waals surface area contributed by atoms with E-state index < -0.39 is 0 Å². The molecule has 2 aliphatic heterocycles. The maximum absolute atomic E-state index is 13.2. The average molecular weight is 468 g/mol. The van der Waals surface area contributed by atoms with E-state index in [4.69, 9.17) is 27.9 Å². The Labute approximate surface area is 194 Å². The minimum Gasteiger partial charge on any atom is -0.376 e. The second-order valence-corrected chi connectivity index (χ2v) is 9.67. The Kier molecular flexibility index (Phi) is 7.75. The summed E-state index contributed by atoms with van der Waals surface area (Å²) in [5, 5.41) is 4.04. The summed E-state index contributed by atoms with van der Waals surface area (Å²) in [5.74, 6) is 0.418. The summed E-state index contributed by atoms with van der Waals surface area (Å²) in [6.45, 7) is 3.92. The molecule has 1 N–H and O–H groups in total. The topological polar surface area (TPSA) is 61.9 Å². The molecule has 2 atom stereocenters. The number of benzene rings is 1. The highest BCUT2D eigenvalue weighted by Crippen LogP contribution is 2.31. The van der Waals surface area contributed by atoms with Crippen molar-refractivity contribution >= 4 is 35.0 Å². The molecular formula is C23H31Cl2N3O3. The largest absolute Gasteiger partial charge is 0.376 e. The van der Waals surface area contributed by atoms with Crippen molar-refractivity contribution in [2.75, 3.05) is 39.3 Å². The molecule has 0 radical (unpaired) electrons. The van der Waals surface area contributed by atoms with Crippen molar-refractivity contribution in [3.63, 3.8) is 0 Å². The fourth-order valence-electron chi connectivity index (χ4n) is 5.11. The van der Waals surface area contributed by atoms with Gasteiger partial charge in [0.2, 0.25) is 5.91 Å². The van der Waals surface area contributed by atoms with Gasteiger partial charge in [0.1, 0.15) is 0 Å². The van der Waals surface area contributed by atoms with E-state index in [0.29, 0.717) is 54.3 Å². The number of carbonyl (C=O) groups is 2. The van der Waals surface area contributed by atoms with Crippen molar-refractivity contribution in [2.24, 2.45) is 5.92 Å². The number of carbonyl (C=O) groups excluding carboxylic acids is 2. The van der Waals surface area contributed by atoms with Crippen LogP contribution in [0.4, 0.5) is 0 Å². The zero-order valence-electron chi connectivity index (χ0n) is 17.8. The summed E-state index contributed by atoms with van der Waals surface area (Å²) in [5.41, 5.74) is 0.473. The van der Waals surface area contributed by atoms with Gasteiger partial charge >= 0.3 is 0 Å². The Morgan fingerprint density at radius 1 is 1.06 bits per heavy atom. The van der Waals surface area contributed by atoms with E-state index in [1.165, 1.54) is 12.8 Å². The fraction of sp³-hybridized carbons (Fsp3) is 0.652. The fourth-order valence-corrected chi connectivity index (χ4v) is 5.60. The lowest BCUT2D eigenvalue weighted by atomic mass is 9.94. The van der Waals surface area contributed by atoms with Crippen molar-refractivity contribution in [3.8, 4) is 0 Å². The summed E-state index contributed by atoms with van der Waals surface area (Å²) in [4.78, 5) is 30.2. The van der Waals surface area contributed by atoms with E-state index in [0.717, 1.165) is 32.3 Å². The molecular weight excluding hydrogens is 437 g/mol. The molecule has 2 heterocycles. The van der Waals surface area contributed by atoms with Crippen LogP contribution in [0.2, 0.25) is 10.0 Å². The third kappa shape index (κ3) is 5.54. The van der Waals surface area contributed by atoms with Crippen LogP contribution in [0.3, 0.4) is 0 Å². The zero-order chi connectivity index (χ0) is 21.8.